The molecule has 6 heteroatoms. The fourth-order valence-corrected chi connectivity index (χ4v) is 5.66. The van der Waals surface area contributed by atoms with Crippen LogP contribution in [0.15, 0.2) is 72.4 Å². The molecule has 2 aliphatic rings. The number of aliphatic hydroxyl groups is 1. The molecule has 2 heterocycles. The fraction of sp³-hybridized carbons (Fsp3) is 0.200. The molecule has 1 atom stereocenters. The largest absolute Gasteiger partial charge is 0.507 e. The first-order chi connectivity index (χ1) is 17.4. The van der Waals surface area contributed by atoms with Gasteiger partial charge < -0.3 is 10.1 Å². The van der Waals surface area contributed by atoms with Crippen LogP contribution in [-0.2, 0) is 22.4 Å². The third kappa shape index (κ3) is 3.54. The molecule has 1 fully saturated rings. The molecule has 4 aromatic rings. The molecule has 180 valence electrons. The summed E-state index contributed by atoms with van der Waals surface area (Å²) in [5, 5.41) is 12.9. The van der Waals surface area contributed by atoms with Crippen molar-refractivity contribution in [2.45, 2.75) is 38.6 Å². The van der Waals surface area contributed by atoms with Crippen LogP contribution in [0.2, 0.25) is 5.02 Å². The van der Waals surface area contributed by atoms with E-state index in [0.717, 1.165) is 47.7 Å². The number of Topliss-reactive ketones (excluding diaryl/α,β-unsaturated/α-hetero) is 1. The van der Waals surface area contributed by atoms with Gasteiger partial charge in [-0.15, -0.1) is 0 Å². The predicted octanol–water partition coefficient (Wildman–Crippen LogP) is 6.63. The highest BCUT2D eigenvalue weighted by Gasteiger charge is 2.47. The second-order valence-electron chi connectivity index (χ2n) is 9.58. The average Bonchev–Trinajstić information content (AvgIpc) is 3.43. The number of aromatic nitrogens is 1. The molecule has 2 N–H and O–H groups in total. The highest BCUT2D eigenvalue weighted by Crippen LogP contribution is 2.45. The van der Waals surface area contributed by atoms with Gasteiger partial charge in [-0.1, -0.05) is 48.0 Å². The molecular formula is C30H25ClN2O3. The summed E-state index contributed by atoms with van der Waals surface area (Å²) in [7, 11) is 0. The summed E-state index contributed by atoms with van der Waals surface area (Å²) >= 11 is 6.42. The monoisotopic (exact) mass is 496 g/mol. The Balaban J connectivity index is 1.58. The fourth-order valence-electron chi connectivity index (χ4n) is 5.48. The number of halogens is 1. The maximum absolute atomic E-state index is 13.5. The van der Waals surface area contributed by atoms with Crippen molar-refractivity contribution in [2.24, 2.45) is 0 Å². The molecular weight excluding hydrogens is 472 g/mol. The molecule has 5 nitrogen and oxygen atoms in total. The van der Waals surface area contributed by atoms with Crippen LogP contribution in [-0.4, -0.2) is 21.8 Å². The first-order valence-corrected chi connectivity index (χ1v) is 12.6. The Hall–Kier alpha value is -3.83. The van der Waals surface area contributed by atoms with Gasteiger partial charge in [0.15, 0.2) is 0 Å². The lowest BCUT2D eigenvalue weighted by Crippen LogP contribution is -2.29. The van der Waals surface area contributed by atoms with Crippen LogP contribution < -0.4 is 4.90 Å². The normalized spacial score (nSPS) is 19.2. The number of para-hydroxylation sites is 1. The number of amides is 1. The van der Waals surface area contributed by atoms with Gasteiger partial charge in [0.2, 0.25) is 0 Å². The van der Waals surface area contributed by atoms with Crippen molar-refractivity contribution in [2.75, 3.05) is 4.90 Å². The minimum Gasteiger partial charge on any atom is -0.507 e. The number of aliphatic hydroxyl groups excluding tert-OH is 1. The Kier molecular flexibility index (Phi) is 5.45. The smallest absolute Gasteiger partial charge is 0.300 e. The minimum atomic E-state index is -0.809. The highest BCUT2D eigenvalue weighted by molar-refractivity contribution is 6.52. The van der Waals surface area contributed by atoms with E-state index in [1.165, 1.54) is 16.0 Å². The van der Waals surface area contributed by atoms with Crippen LogP contribution in [0, 0.1) is 6.92 Å². The van der Waals surface area contributed by atoms with Gasteiger partial charge in [0.05, 0.1) is 11.6 Å². The van der Waals surface area contributed by atoms with E-state index in [-0.39, 0.29) is 11.3 Å². The molecule has 1 amide bonds. The minimum absolute atomic E-state index is 0.0807. The molecule has 3 aromatic carbocycles. The zero-order valence-corrected chi connectivity index (χ0v) is 20.6. The number of benzene rings is 3. The van der Waals surface area contributed by atoms with E-state index in [2.05, 4.69) is 4.98 Å². The number of carbonyl (C=O) groups excluding carboxylic acids is 2. The predicted molar refractivity (Wildman–Crippen MR) is 142 cm³/mol. The van der Waals surface area contributed by atoms with E-state index in [1.807, 2.05) is 61.7 Å². The number of aryl methyl sites for hydroxylation is 3. The van der Waals surface area contributed by atoms with Crippen molar-refractivity contribution in [3.8, 4) is 0 Å². The number of aromatic amines is 1. The van der Waals surface area contributed by atoms with Crippen LogP contribution in [0.3, 0.4) is 0 Å². The van der Waals surface area contributed by atoms with Crippen LogP contribution >= 0.6 is 11.6 Å². The van der Waals surface area contributed by atoms with Gasteiger partial charge in [0, 0.05) is 38.9 Å². The van der Waals surface area contributed by atoms with Crippen LogP contribution in [0.4, 0.5) is 5.69 Å². The summed E-state index contributed by atoms with van der Waals surface area (Å²) in [6, 6.07) is 18.1. The van der Waals surface area contributed by atoms with E-state index in [4.69, 9.17) is 11.6 Å². The molecule has 0 radical (unpaired) electrons. The van der Waals surface area contributed by atoms with Crippen molar-refractivity contribution < 1.29 is 14.7 Å². The number of rotatable bonds is 3. The van der Waals surface area contributed by atoms with Crippen LogP contribution in [0.5, 0.6) is 0 Å². The number of carbonyl (C=O) groups is 2. The average molecular weight is 497 g/mol. The Morgan fingerprint density at radius 2 is 1.78 bits per heavy atom. The van der Waals surface area contributed by atoms with Gasteiger partial charge >= 0.3 is 0 Å². The van der Waals surface area contributed by atoms with Crippen molar-refractivity contribution >= 4 is 45.6 Å². The molecule has 1 saturated heterocycles. The standard InChI is InChI=1S/C30H25ClN2O3/c1-17-10-13-21(15-24(17)31)33-27(23-16-32-25-9-5-4-8-22(23)25)26(29(35)30(33)36)28(34)20-12-11-18-6-2-3-7-19(18)14-20/h4-5,8-16,27,32,34H,2-3,6-7H2,1H3/b28-26+. The van der Waals surface area contributed by atoms with E-state index in [9.17, 15) is 14.7 Å². The molecule has 1 aliphatic carbocycles. The number of hydrogen-bond donors (Lipinski definition) is 2. The van der Waals surface area contributed by atoms with Crippen LogP contribution in [0.1, 0.15) is 46.7 Å². The maximum Gasteiger partial charge on any atom is 0.300 e. The number of hydrogen-bond acceptors (Lipinski definition) is 3. The van der Waals surface area contributed by atoms with Crippen molar-refractivity contribution in [3.05, 3.63) is 105 Å². The Morgan fingerprint density at radius 1 is 1.00 bits per heavy atom. The van der Waals surface area contributed by atoms with E-state index >= 15 is 0 Å². The lowest BCUT2D eigenvalue weighted by molar-refractivity contribution is -0.132. The first-order valence-electron chi connectivity index (χ1n) is 12.2. The Labute approximate surface area is 214 Å². The molecule has 36 heavy (non-hydrogen) atoms. The number of H-pyrrole nitrogens is 1. The lowest BCUT2D eigenvalue weighted by atomic mass is 9.88. The summed E-state index contributed by atoms with van der Waals surface area (Å²) in [5.41, 5.74) is 6.10. The maximum atomic E-state index is 13.5. The Morgan fingerprint density at radius 3 is 2.58 bits per heavy atom. The molecule has 6 rings (SSSR count). The molecule has 1 unspecified atom stereocenters. The molecule has 0 spiro atoms. The zero-order chi connectivity index (χ0) is 25.0. The zero-order valence-electron chi connectivity index (χ0n) is 19.8. The topological polar surface area (TPSA) is 73.4 Å². The van der Waals surface area contributed by atoms with Gasteiger partial charge in [-0.05, 0) is 73.6 Å². The van der Waals surface area contributed by atoms with Crippen molar-refractivity contribution in [1.82, 2.24) is 4.98 Å². The number of nitrogens with one attached hydrogen (secondary N) is 1. The molecule has 0 bridgehead atoms. The number of anilines is 1. The third-order valence-electron chi connectivity index (χ3n) is 7.42. The Bertz CT molecular complexity index is 1580. The van der Waals surface area contributed by atoms with Crippen LogP contribution in [0.25, 0.3) is 16.7 Å². The van der Waals surface area contributed by atoms with Crippen molar-refractivity contribution in [3.63, 3.8) is 0 Å². The van der Waals surface area contributed by atoms with Crippen molar-refractivity contribution in [1.29, 1.82) is 0 Å². The second kappa shape index (κ2) is 8.68. The summed E-state index contributed by atoms with van der Waals surface area (Å²) in [5.74, 6) is -1.56. The van der Waals surface area contributed by atoms with Gasteiger partial charge in [-0.25, -0.2) is 0 Å². The highest BCUT2D eigenvalue weighted by atomic mass is 35.5. The molecule has 0 saturated carbocycles. The third-order valence-corrected chi connectivity index (χ3v) is 7.82. The van der Waals surface area contributed by atoms with E-state index < -0.39 is 17.7 Å². The van der Waals surface area contributed by atoms with E-state index in [1.54, 1.807) is 12.1 Å². The van der Waals surface area contributed by atoms with E-state index in [0.29, 0.717) is 16.3 Å². The van der Waals surface area contributed by atoms with Gasteiger partial charge in [-0.2, -0.15) is 0 Å². The number of ketones is 1. The molecule has 1 aromatic heterocycles. The summed E-state index contributed by atoms with van der Waals surface area (Å²) in [6.07, 6.45) is 6.03. The quantitative estimate of drug-likeness (QED) is 0.190. The SMILES string of the molecule is Cc1ccc(N2C(=O)C(=O)/C(=C(/O)c3ccc4c(c3)CCCC4)C2c2c[nH]c3ccccc23)cc1Cl. The van der Waals surface area contributed by atoms with Gasteiger partial charge in [-0.3, -0.25) is 14.5 Å². The first kappa shape index (κ1) is 22.6. The van der Waals surface area contributed by atoms with Gasteiger partial charge in [0.25, 0.3) is 11.7 Å². The summed E-state index contributed by atoms with van der Waals surface area (Å²) in [6.45, 7) is 1.88. The molecule has 1 aliphatic heterocycles. The second-order valence-corrected chi connectivity index (χ2v) is 9.99. The number of fused-ring (bicyclic) bond motifs is 2. The number of nitrogens with zero attached hydrogens (tertiary/aromatic N) is 1. The lowest BCUT2D eigenvalue weighted by Gasteiger charge is -2.25. The van der Waals surface area contributed by atoms with Gasteiger partial charge in [0.1, 0.15) is 5.76 Å². The summed E-state index contributed by atoms with van der Waals surface area (Å²) in [4.78, 5) is 31.7. The summed E-state index contributed by atoms with van der Waals surface area (Å²) < 4.78 is 0.